The van der Waals surface area contributed by atoms with Crippen molar-refractivity contribution in [2.75, 3.05) is 6.54 Å². The van der Waals surface area contributed by atoms with Crippen LogP contribution >= 0.6 is 0 Å². The summed E-state index contributed by atoms with van der Waals surface area (Å²) in [5.41, 5.74) is 1.38. The van der Waals surface area contributed by atoms with E-state index < -0.39 is 11.7 Å². The molecule has 0 saturated carbocycles. The number of benzene rings is 3. The molecule has 132 valence electrons. The van der Waals surface area contributed by atoms with E-state index in [0.717, 1.165) is 0 Å². The van der Waals surface area contributed by atoms with Crippen LogP contribution in [-0.4, -0.2) is 18.2 Å². The molecule has 0 aliphatic rings. The Morgan fingerprint density at radius 2 is 1.44 bits per heavy atom. The van der Waals surface area contributed by atoms with Crippen LogP contribution in [0.4, 0.5) is 4.39 Å². The van der Waals surface area contributed by atoms with Gasteiger partial charge in [-0.1, -0.05) is 72.5 Å². The number of amides is 1. The van der Waals surface area contributed by atoms with Crippen LogP contribution in [0.3, 0.4) is 0 Å². The second-order valence-corrected chi connectivity index (χ2v) is 5.71. The van der Waals surface area contributed by atoms with Crippen LogP contribution in [0, 0.1) is 17.7 Å². The number of ketones is 1. The first-order chi connectivity index (χ1) is 13.2. The van der Waals surface area contributed by atoms with Crippen molar-refractivity contribution in [1.82, 2.24) is 5.32 Å². The zero-order valence-electron chi connectivity index (χ0n) is 14.4. The van der Waals surface area contributed by atoms with Gasteiger partial charge >= 0.3 is 0 Å². The molecule has 0 spiro atoms. The molecule has 1 amide bonds. The molecule has 3 aromatic carbocycles. The number of hydrogen-bond acceptors (Lipinski definition) is 2. The van der Waals surface area contributed by atoms with Gasteiger partial charge < -0.3 is 5.32 Å². The first-order valence-electron chi connectivity index (χ1n) is 8.37. The van der Waals surface area contributed by atoms with E-state index in [1.165, 1.54) is 6.07 Å². The first kappa shape index (κ1) is 18.1. The van der Waals surface area contributed by atoms with Gasteiger partial charge in [-0.05, 0) is 18.2 Å². The third-order valence-electron chi connectivity index (χ3n) is 3.89. The molecule has 0 aliphatic heterocycles. The highest BCUT2D eigenvalue weighted by atomic mass is 19.1. The summed E-state index contributed by atoms with van der Waals surface area (Å²) >= 11 is 0. The third-order valence-corrected chi connectivity index (χ3v) is 3.89. The van der Waals surface area contributed by atoms with Crippen LogP contribution in [0.15, 0.2) is 78.9 Å². The van der Waals surface area contributed by atoms with Gasteiger partial charge in [-0.15, -0.1) is 0 Å². The summed E-state index contributed by atoms with van der Waals surface area (Å²) in [4.78, 5) is 25.1. The Morgan fingerprint density at radius 1 is 0.815 bits per heavy atom. The van der Waals surface area contributed by atoms with E-state index in [2.05, 4.69) is 17.2 Å². The lowest BCUT2D eigenvalue weighted by Gasteiger charge is -2.08. The van der Waals surface area contributed by atoms with Crippen LogP contribution in [0.25, 0.3) is 0 Å². The summed E-state index contributed by atoms with van der Waals surface area (Å²) < 4.78 is 13.5. The van der Waals surface area contributed by atoms with Crippen LogP contribution in [0.2, 0.25) is 0 Å². The third kappa shape index (κ3) is 4.47. The minimum absolute atomic E-state index is 0.0427. The van der Waals surface area contributed by atoms with Gasteiger partial charge in [0.05, 0.1) is 17.7 Å². The van der Waals surface area contributed by atoms with E-state index in [-0.39, 0.29) is 23.5 Å². The van der Waals surface area contributed by atoms with Crippen molar-refractivity contribution in [3.63, 3.8) is 0 Å². The normalized spacial score (nSPS) is 9.81. The van der Waals surface area contributed by atoms with Crippen LogP contribution in [-0.2, 0) is 0 Å². The minimum atomic E-state index is -0.407. The van der Waals surface area contributed by atoms with Crippen LogP contribution in [0.1, 0.15) is 31.8 Å². The molecule has 3 aromatic rings. The maximum absolute atomic E-state index is 13.5. The predicted molar refractivity (Wildman–Crippen MR) is 102 cm³/mol. The Balaban J connectivity index is 1.73. The molecule has 0 fully saturated rings. The fourth-order valence-corrected chi connectivity index (χ4v) is 2.55. The number of rotatable bonds is 4. The predicted octanol–water partition coefficient (Wildman–Crippen LogP) is 3.84. The molecule has 0 unspecified atom stereocenters. The maximum Gasteiger partial charge on any atom is 0.252 e. The summed E-state index contributed by atoms with van der Waals surface area (Å²) in [6.07, 6.45) is 0. The molecule has 0 aromatic heterocycles. The van der Waals surface area contributed by atoms with Crippen molar-refractivity contribution < 1.29 is 14.0 Å². The average molecular weight is 357 g/mol. The lowest BCUT2D eigenvalue weighted by atomic mass is 9.98. The number of halogens is 1. The van der Waals surface area contributed by atoms with E-state index >= 15 is 0 Å². The van der Waals surface area contributed by atoms with Crippen molar-refractivity contribution in [1.29, 1.82) is 0 Å². The molecular formula is C23H16FNO2. The molecule has 0 heterocycles. The number of carbonyl (C=O) groups excluding carboxylic acids is 2. The topological polar surface area (TPSA) is 46.2 Å². The van der Waals surface area contributed by atoms with Gasteiger partial charge in [0, 0.05) is 11.1 Å². The second kappa shape index (κ2) is 8.59. The molecule has 0 aliphatic carbocycles. The molecule has 3 nitrogen and oxygen atoms in total. The Kier molecular flexibility index (Phi) is 5.76. The van der Waals surface area contributed by atoms with Crippen molar-refractivity contribution in [2.24, 2.45) is 0 Å². The van der Waals surface area contributed by atoms with Crippen LogP contribution < -0.4 is 5.32 Å². The fraction of sp³-hybridized carbons (Fsp3) is 0.0435. The molecule has 4 heteroatoms. The zero-order chi connectivity index (χ0) is 19.1. The summed E-state index contributed by atoms with van der Waals surface area (Å²) in [5.74, 6) is 4.36. The van der Waals surface area contributed by atoms with E-state index in [0.29, 0.717) is 11.1 Å². The van der Waals surface area contributed by atoms with Gasteiger partial charge in [0.2, 0.25) is 0 Å². The van der Waals surface area contributed by atoms with Gasteiger partial charge in [0.1, 0.15) is 5.82 Å². The molecule has 1 N–H and O–H groups in total. The van der Waals surface area contributed by atoms with Gasteiger partial charge in [-0.3, -0.25) is 9.59 Å². The largest absolute Gasteiger partial charge is 0.341 e. The van der Waals surface area contributed by atoms with E-state index in [1.807, 2.05) is 6.07 Å². The quantitative estimate of drug-likeness (QED) is 0.570. The number of nitrogens with one attached hydrogen (secondary N) is 1. The highest BCUT2D eigenvalue weighted by Gasteiger charge is 2.17. The van der Waals surface area contributed by atoms with Crippen molar-refractivity contribution in [2.45, 2.75) is 0 Å². The lowest BCUT2D eigenvalue weighted by Crippen LogP contribution is -2.25. The molecule has 27 heavy (non-hydrogen) atoms. The second-order valence-electron chi connectivity index (χ2n) is 5.71. The van der Waals surface area contributed by atoms with Gasteiger partial charge in [-0.2, -0.15) is 0 Å². The molecule has 0 atom stereocenters. The molecule has 0 saturated heterocycles. The molecule has 0 radical (unpaired) electrons. The molecule has 0 bridgehead atoms. The highest BCUT2D eigenvalue weighted by molar-refractivity contribution is 6.15. The fourth-order valence-electron chi connectivity index (χ4n) is 2.55. The Morgan fingerprint density at radius 3 is 2.19 bits per heavy atom. The Bertz CT molecular complexity index is 1030. The summed E-state index contributed by atoms with van der Waals surface area (Å²) in [6.45, 7) is 0.0427. The summed E-state index contributed by atoms with van der Waals surface area (Å²) in [7, 11) is 0. The Hall–Kier alpha value is -3.71. The van der Waals surface area contributed by atoms with Gasteiger partial charge in [-0.25, -0.2) is 4.39 Å². The smallest absolute Gasteiger partial charge is 0.252 e. The lowest BCUT2D eigenvalue weighted by molar-refractivity contribution is 0.0946. The minimum Gasteiger partial charge on any atom is -0.341 e. The van der Waals surface area contributed by atoms with Gasteiger partial charge in [0.15, 0.2) is 5.78 Å². The maximum atomic E-state index is 13.5. The molecular weight excluding hydrogens is 341 g/mol. The summed E-state index contributed by atoms with van der Waals surface area (Å²) in [6, 6.07) is 21.6. The standard InChI is InChI=1S/C23H16FNO2/c24-21-15-7-4-9-17(21)12-8-16-25-23(27)20-14-6-5-13-19(20)22(26)18-10-2-1-3-11-18/h1-7,9-11,13-15H,16H2,(H,25,27). The van der Waals surface area contributed by atoms with Crippen LogP contribution in [0.5, 0.6) is 0 Å². The zero-order valence-corrected chi connectivity index (χ0v) is 14.4. The monoisotopic (exact) mass is 357 g/mol. The SMILES string of the molecule is O=C(NCC#Cc1ccccc1F)c1ccccc1C(=O)c1ccccc1. The van der Waals surface area contributed by atoms with Crippen molar-refractivity contribution >= 4 is 11.7 Å². The van der Waals surface area contributed by atoms with E-state index in [1.54, 1.807) is 66.7 Å². The van der Waals surface area contributed by atoms with E-state index in [4.69, 9.17) is 0 Å². The van der Waals surface area contributed by atoms with Crippen molar-refractivity contribution in [3.05, 3.63) is 107 Å². The van der Waals surface area contributed by atoms with E-state index in [9.17, 15) is 14.0 Å². The average Bonchev–Trinajstić information content (AvgIpc) is 2.72. The first-order valence-corrected chi connectivity index (χ1v) is 8.37. The van der Waals surface area contributed by atoms with Crippen molar-refractivity contribution in [3.8, 4) is 11.8 Å². The number of hydrogen-bond donors (Lipinski definition) is 1. The summed E-state index contributed by atoms with van der Waals surface area (Å²) in [5, 5.41) is 2.65. The number of carbonyl (C=O) groups is 2. The molecule has 3 rings (SSSR count). The highest BCUT2D eigenvalue weighted by Crippen LogP contribution is 2.14. The Labute approximate surface area is 156 Å². The van der Waals surface area contributed by atoms with Gasteiger partial charge in [0.25, 0.3) is 5.91 Å².